The highest BCUT2D eigenvalue weighted by molar-refractivity contribution is 6.04. The second kappa shape index (κ2) is 7.83. The molecule has 0 saturated carbocycles. The summed E-state index contributed by atoms with van der Waals surface area (Å²) in [5.74, 6) is -0.151. The van der Waals surface area contributed by atoms with E-state index in [-0.39, 0.29) is 25.2 Å². The number of rotatable bonds is 6. The number of aryl methyl sites for hydroxylation is 2. The highest BCUT2D eigenvalue weighted by atomic mass is 16.5. The van der Waals surface area contributed by atoms with Gasteiger partial charge < -0.3 is 24.6 Å². The maximum Gasteiger partial charge on any atom is 0.325 e. The molecule has 2 aliphatic rings. The second-order valence-corrected chi connectivity index (χ2v) is 6.33. The standard InChI is InChI=1S/C16H22N4O6/c1-9-11(10(2)26-19-9)7-25-13-3-4-24-8-12(13)18-14(21)6-20-15(22)5-17-16(20)23/h12-13H,3-8H2,1-2H3,(H,17,23)(H,18,21)/t12-,13+/m0/s1. The van der Waals surface area contributed by atoms with Crippen LogP contribution in [0.4, 0.5) is 4.79 Å². The largest absolute Gasteiger partial charge is 0.379 e. The van der Waals surface area contributed by atoms with Crippen molar-refractivity contribution in [1.82, 2.24) is 20.7 Å². The zero-order valence-electron chi connectivity index (χ0n) is 14.7. The van der Waals surface area contributed by atoms with E-state index in [0.717, 1.165) is 16.2 Å². The maximum absolute atomic E-state index is 12.2. The van der Waals surface area contributed by atoms with Crippen LogP contribution in [0.5, 0.6) is 0 Å². The zero-order valence-corrected chi connectivity index (χ0v) is 14.7. The third-order valence-electron chi connectivity index (χ3n) is 4.50. The highest BCUT2D eigenvalue weighted by Gasteiger charge is 2.33. The van der Waals surface area contributed by atoms with Crippen molar-refractivity contribution in [2.45, 2.75) is 39.0 Å². The Morgan fingerprint density at radius 3 is 2.88 bits per heavy atom. The molecule has 142 valence electrons. The van der Waals surface area contributed by atoms with Gasteiger partial charge in [-0.2, -0.15) is 0 Å². The summed E-state index contributed by atoms with van der Waals surface area (Å²) in [6, 6.07) is -0.922. The number of nitrogens with one attached hydrogen (secondary N) is 2. The van der Waals surface area contributed by atoms with Crippen LogP contribution >= 0.6 is 0 Å². The van der Waals surface area contributed by atoms with Gasteiger partial charge in [0, 0.05) is 12.2 Å². The summed E-state index contributed by atoms with van der Waals surface area (Å²) in [7, 11) is 0. The summed E-state index contributed by atoms with van der Waals surface area (Å²) in [4.78, 5) is 36.2. The van der Waals surface area contributed by atoms with Crippen LogP contribution in [0.1, 0.15) is 23.4 Å². The van der Waals surface area contributed by atoms with Crippen LogP contribution in [0.2, 0.25) is 0 Å². The molecule has 2 N–H and O–H groups in total. The Morgan fingerprint density at radius 2 is 2.23 bits per heavy atom. The fourth-order valence-corrected chi connectivity index (χ4v) is 2.96. The molecule has 0 aliphatic carbocycles. The molecule has 2 aliphatic heterocycles. The quantitative estimate of drug-likeness (QED) is 0.659. The van der Waals surface area contributed by atoms with Gasteiger partial charge in [-0.05, 0) is 20.3 Å². The van der Waals surface area contributed by atoms with Gasteiger partial charge in [-0.1, -0.05) is 5.16 Å². The number of carbonyl (C=O) groups excluding carboxylic acids is 3. The van der Waals surface area contributed by atoms with E-state index in [9.17, 15) is 14.4 Å². The lowest BCUT2D eigenvalue weighted by atomic mass is 10.1. The van der Waals surface area contributed by atoms with Crippen molar-refractivity contribution >= 4 is 17.8 Å². The number of hydrogen-bond acceptors (Lipinski definition) is 7. The van der Waals surface area contributed by atoms with Gasteiger partial charge in [0.05, 0.1) is 37.6 Å². The zero-order chi connectivity index (χ0) is 18.7. The molecule has 1 aromatic rings. The van der Waals surface area contributed by atoms with Gasteiger partial charge >= 0.3 is 6.03 Å². The van der Waals surface area contributed by atoms with E-state index in [0.29, 0.717) is 32.0 Å². The topological polar surface area (TPSA) is 123 Å². The van der Waals surface area contributed by atoms with Crippen molar-refractivity contribution in [2.24, 2.45) is 0 Å². The predicted octanol–water partition coefficient (Wildman–Crippen LogP) is -0.366. The molecule has 0 aromatic carbocycles. The molecule has 10 nitrogen and oxygen atoms in total. The van der Waals surface area contributed by atoms with E-state index in [1.54, 1.807) is 0 Å². The van der Waals surface area contributed by atoms with Crippen molar-refractivity contribution < 1.29 is 28.4 Å². The molecule has 0 spiro atoms. The molecular weight excluding hydrogens is 344 g/mol. The van der Waals surface area contributed by atoms with E-state index in [4.69, 9.17) is 14.0 Å². The number of urea groups is 1. The Balaban J connectivity index is 1.55. The van der Waals surface area contributed by atoms with E-state index >= 15 is 0 Å². The first-order valence-electron chi connectivity index (χ1n) is 8.44. The van der Waals surface area contributed by atoms with Crippen molar-refractivity contribution in [3.8, 4) is 0 Å². The third kappa shape index (κ3) is 4.02. The number of carbonyl (C=O) groups is 3. The fourth-order valence-electron chi connectivity index (χ4n) is 2.96. The normalized spacial score (nSPS) is 23.2. The number of ether oxygens (including phenoxy) is 2. The van der Waals surface area contributed by atoms with Crippen LogP contribution < -0.4 is 10.6 Å². The average Bonchev–Trinajstić information content (AvgIpc) is 3.10. The van der Waals surface area contributed by atoms with Gasteiger partial charge in [0.1, 0.15) is 12.3 Å². The number of nitrogens with zero attached hydrogens (tertiary/aromatic N) is 2. The Kier molecular flexibility index (Phi) is 5.52. The van der Waals surface area contributed by atoms with E-state index in [2.05, 4.69) is 15.8 Å². The Morgan fingerprint density at radius 1 is 1.42 bits per heavy atom. The van der Waals surface area contributed by atoms with Crippen LogP contribution in [0.3, 0.4) is 0 Å². The van der Waals surface area contributed by atoms with Gasteiger partial charge in [0.15, 0.2) is 0 Å². The van der Waals surface area contributed by atoms with E-state index in [1.165, 1.54) is 0 Å². The Bertz CT molecular complexity index is 667. The molecule has 0 radical (unpaired) electrons. The van der Waals surface area contributed by atoms with Crippen LogP contribution in [0, 0.1) is 13.8 Å². The molecule has 2 fully saturated rings. The first kappa shape index (κ1) is 18.3. The molecule has 0 bridgehead atoms. The van der Waals surface area contributed by atoms with Crippen molar-refractivity contribution in [2.75, 3.05) is 26.3 Å². The van der Waals surface area contributed by atoms with Crippen LogP contribution in [-0.2, 0) is 25.7 Å². The highest BCUT2D eigenvalue weighted by Crippen LogP contribution is 2.18. The summed E-state index contributed by atoms with van der Waals surface area (Å²) in [6.07, 6.45) is 0.377. The number of imide groups is 1. The minimum absolute atomic E-state index is 0.0815. The fraction of sp³-hybridized carbons (Fsp3) is 0.625. The molecule has 3 rings (SSSR count). The Labute approximate surface area is 150 Å². The average molecular weight is 366 g/mol. The van der Waals surface area contributed by atoms with Gasteiger partial charge in [0.2, 0.25) is 5.91 Å². The minimum Gasteiger partial charge on any atom is -0.379 e. The van der Waals surface area contributed by atoms with Crippen LogP contribution in [0.15, 0.2) is 4.52 Å². The first-order chi connectivity index (χ1) is 12.5. The minimum atomic E-state index is -0.559. The summed E-state index contributed by atoms with van der Waals surface area (Å²) in [5, 5.41) is 9.07. The monoisotopic (exact) mass is 366 g/mol. The molecule has 10 heteroatoms. The SMILES string of the molecule is Cc1noc(C)c1CO[C@@H]1CCOC[C@@H]1NC(=O)CN1C(=O)CNC1=O. The lowest BCUT2D eigenvalue weighted by molar-refractivity contribution is -0.133. The molecule has 2 atom stereocenters. The number of hydrogen-bond donors (Lipinski definition) is 2. The van der Waals surface area contributed by atoms with Gasteiger partial charge in [0.25, 0.3) is 5.91 Å². The summed E-state index contributed by atoms with van der Waals surface area (Å²) >= 11 is 0. The van der Waals surface area contributed by atoms with Crippen LogP contribution in [0.25, 0.3) is 0 Å². The summed E-state index contributed by atoms with van der Waals surface area (Å²) in [6.45, 7) is 4.42. The Hall–Kier alpha value is -2.46. The summed E-state index contributed by atoms with van der Waals surface area (Å²) in [5.41, 5.74) is 1.66. The van der Waals surface area contributed by atoms with Crippen molar-refractivity contribution in [1.29, 1.82) is 0 Å². The van der Waals surface area contributed by atoms with Crippen LogP contribution in [-0.4, -0.2) is 66.4 Å². The lowest BCUT2D eigenvalue weighted by Gasteiger charge is -2.32. The molecule has 1 aromatic heterocycles. The van der Waals surface area contributed by atoms with Gasteiger partial charge in [-0.3, -0.25) is 14.5 Å². The maximum atomic E-state index is 12.2. The molecular formula is C16H22N4O6. The second-order valence-electron chi connectivity index (χ2n) is 6.33. The number of aromatic nitrogens is 1. The van der Waals surface area contributed by atoms with E-state index in [1.807, 2.05) is 13.8 Å². The van der Waals surface area contributed by atoms with Crippen molar-refractivity contribution in [3.63, 3.8) is 0 Å². The first-order valence-corrected chi connectivity index (χ1v) is 8.44. The molecule has 2 saturated heterocycles. The molecule has 4 amide bonds. The molecule has 0 unspecified atom stereocenters. The van der Waals surface area contributed by atoms with Gasteiger partial charge in [-0.15, -0.1) is 0 Å². The smallest absolute Gasteiger partial charge is 0.325 e. The number of amides is 4. The lowest BCUT2D eigenvalue weighted by Crippen LogP contribution is -2.53. The summed E-state index contributed by atoms with van der Waals surface area (Å²) < 4.78 is 16.5. The predicted molar refractivity (Wildman–Crippen MR) is 87.0 cm³/mol. The van der Waals surface area contributed by atoms with Crippen molar-refractivity contribution in [3.05, 3.63) is 17.0 Å². The van der Waals surface area contributed by atoms with Gasteiger partial charge in [-0.25, -0.2) is 4.79 Å². The third-order valence-corrected chi connectivity index (χ3v) is 4.50. The molecule has 26 heavy (non-hydrogen) atoms. The molecule has 3 heterocycles. The van der Waals surface area contributed by atoms with E-state index < -0.39 is 17.8 Å².